The Balaban J connectivity index is 0.000000279. The van der Waals surface area contributed by atoms with Crippen molar-refractivity contribution in [2.45, 2.75) is 12.7 Å². The van der Waals surface area contributed by atoms with E-state index in [0.717, 1.165) is 32.7 Å². The number of nitrogens with zero attached hydrogens (tertiary/aromatic N) is 4. The largest absolute Gasteiger partial charge is 0.490 e. The number of carboxylic acids is 1. The van der Waals surface area contributed by atoms with Crippen molar-refractivity contribution in [1.82, 2.24) is 19.8 Å². The molecule has 2 aliphatic heterocycles. The number of hydrogen-bond donors (Lipinski definition) is 1. The van der Waals surface area contributed by atoms with E-state index in [0.29, 0.717) is 17.5 Å². The molecule has 0 spiro atoms. The summed E-state index contributed by atoms with van der Waals surface area (Å²) in [5.41, 5.74) is 2.32. The number of amides is 1. The van der Waals surface area contributed by atoms with Crippen LogP contribution in [0.1, 0.15) is 15.5 Å². The van der Waals surface area contributed by atoms with Gasteiger partial charge in [-0.25, -0.2) is 14.8 Å². The highest BCUT2D eigenvalue weighted by Crippen LogP contribution is 2.32. The zero-order valence-electron chi connectivity index (χ0n) is 14.5. The van der Waals surface area contributed by atoms with Gasteiger partial charge in [-0.2, -0.15) is 13.2 Å². The van der Waals surface area contributed by atoms with E-state index in [9.17, 15) is 18.0 Å². The van der Waals surface area contributed by atoms with Gasteiger partial charge >= 0.3 is 12.1 Å². The summed E-state index contributed by atoms with van der Waals surface area (Å²) < 4.78 is 31.7. The van der Waals surface area contributed by atoms with Crippen molar-refractivity contribution in [1.29, 1.82) is 0 Å². The normalized spacial score (nSPS) is 21.9. The summed E-state index contributed by atoms with van der Waals surface area (Å²) in [4.78, 5) is 34.2. The molecule has 12 heteroatoms. The first-order valence-electron chi connectivity index (χ1n) is 8.32. The molecule has 2 fully saturated rings. The summed E-state index contributed by atoms with van der Waals surface area (Å²) in [5, 5.41) is 12.2. The fraction of sp³-hybridized carbons (Fsp3) is 0.500. The lowest BCUT2D eigenvalue weighted by molar-refractivity contribution is -0.192. The van der Waals surface area contributed by atoms with Crippen LogP contribution in [0.3, 0.4) is 0 Å². The second kappa shape index (κ2) is 8.53. The maximum absolute atomic E-state index is 12.3. The molecule has 28 heavy (non-hydrogen) atoms. The second-order valence-corrected chi connectivity index (χ2v) is 8.22. The van der Waals surface area contributed by atoms with E-state index >= 15 is 0 Å². The Kier molecular flexibility index (Phi) is 6.30. The molecule has 2 saturated heterocycles. The van der Waals surface area contributed by atoms with Crippen LogP contribution in [0.4, 0.5) is 13.2 Å². The number of aromatic nitrogens is 2. The molecular weight excluding hydrogens is 417 g/mol. The van der Waals surface area contributed by atoms with Gasteiger partial charge in [0, 0.05) is 43.1 Å². The third-order valence-corrected chi connectivity index (χ3v) is 5.94. The van der Waals surface area contributed by atoms with Crippen LogP contribution < -0.4 is 0 Å². The van der Waals surface area contributed by atoms with Crippen LogP contribution in [0.15, 0.2) is 22.5 Å². The molecule has 0 radical (unpaired) electrons. The van der Waals surface area contributed by atoms with Crippen LogP contribution in [0.2, 0.25) is 0 Å². The summed E-state index contributed by atoms with van der Waals surface area (Å²) >= 11 is 3.20. The van der Waals surface area contributed by atoms with Crippen molar-refractivity contribution in [3.05, 3.63) is 33.2 Å². The van der Waals surface area contributed by atoms with Crippen LogP contribution in [0.25, 0.3) is 0 Å². The van der Waals surface area contributed by atoms with Crippen molar-refractivity contribution in [2.75, 3.05) is 26.2 Å². The Labute approximate surface area is 166 Å². The Morgan fingerprint density at radius 1 is 1.18 bits per heavy atom. The smallest absolute Gasteiger partial charge is 0.475 e. The van der Waals surface area contributed by atoms with E-state index in [2.05, 4.69) is 14.9 Å². The van der Waals surface area contributed by atoms with Gasteiger partial charge in [-0.05, 0) is 11.8 Å². The monoisotopic (exact) mass is 434 g/mol. The minimum absolute atomic E-state index is 0.0946. The van der Waals surface area contributed by atoms with Gasteiger partial charge in [-0.3, -0.25) is 9.69 Å². The summed E-state index contributed by atoms with van der Waals surface area (Å²) in [6.45, 7) is 4.84. The number of carbonyl (C=O) groups is 2. The van der Waals surface area contributed by atoms with E-state index < -0.39 is 12.1 Å². The highest BCUT2D eigenvalue weighted by atomic mass is 32.1. The zero-order valence-corrected chi connectivity index (χ0v) is 16.1. The predicted molar refractivity (Wildman–Crippen MR) is 96.1 cm³/mol. The van der Waals surface area contributed by atoms with Gasteiger partial charge < -0.3 is 10.0 Å². The van der Waals surface area contributed by atoms with Crippen molar-refractivity contribution >= 4 is 34.6 Å². The van der Waals surface area contributed by atoms with Crippen molar-refractivity contribution in [3.63, 3.8) is 0 Å². The number of aliphatic carboxylic acids is 1. The molecule has 0 aromatic carbocycles. The molecule has 1 N–H and O–H groups in total. The minimum atomic E-state index is -5.08. The first kappa shape index (κ1) is 20.7. The van der Waals surface area contributed by atoms with Crippen molar-refractivity contribution in [2.24, 2.45) is 11.8 Å². The maximum Gasteiger partial charge on any atom is 0.490 e. The molecule has 4 heterocycles. The Morgan fingerprint density at radius 2 is 1.82 bits per heavy atom. The van der Waals surface area contributed by atoms with Crippen molar-refractivity contribution < 1.29 is 27.9 Å². The van der Waals surface area contributed by atoms with Gasteiger partial charge in [0.2, 0.25) is 0 Å². The highest BCUT2D eigenvalue weighted by Gasteiger charge is 2.42. The number of likely N-dealkylation sites (tertiary alicyclic amines) is 2. The number of alkyl halides is 3. The van der Waals surface area contributed by atoms with Gasteiger partial charge in [0.1, 0.15) is 10.7 Å². The Morgan fingerprint density at radius 3 is 2.29 bits per heavy atom. The average molecular weight is 434 g/mol. The summed E-state index contributed by atoms with van der Waals surface area (Å²) in [5.74, 6) is -1.45. The van der Waals surface area contributed by atoms with Crippen LogP contribution in [-0.2, 0) is 11.3 Å². The van der Waals surface area contributed by atoms with E-state index in [-0.39, 0.29) is 5.91 Å². The van der Waals surface area contributed by atoms with Gasteiger partial charge in [-0.15, -0.1) is 22.7 Å². The fourth-order valence-electron chi connectivity index (χ4n) is 3.39. The molecule has 2 aromatic rings. The molecule has 2 aliphatic rings. The van der Waals surface area contributed by atoms with Gasteiger partial charge in [-0.1, -0.05) is 0 Å². The summed E-state index contributed by atoms with van der Waals surface area (Å²) in [6, 6.07) is 0. The Hall–Kier alpha value is -2.05. The van der Waals surface area contributed by atoms with Gasteiger partial charge in [0.25, 0.3) is 5.91 Å². The molecular formula is C16H17F3N4O3S2. The molecule has 0 bridgehead atoms. The van der Waals surface area contributed by atoms with E-state index in [1.807, 2.05) is 21.9 Å². The molecule has 2 aromatic heterocycles. The maximum atomic E-state index is 12.3. The number of fused-ring (bicyclic) bond motifs is 1. The number of hydrogen-bond acceptors (Lipinski definition) is 7. The quantitative estimate of drug-likeness (QED) is 0.799. The van der Waals surface area contributed by atoms with Crippen LogP contribution in [0.5, 0.6) is 0 Å². The molecule has 2 unspecified atom stereocenters. The first-order chi connectivity index (χ1) is 13.2. The number of rotatable bonds is 3. The Bertz CT molecular complexity index is 785. The van der Waals surface area contributed by atoms with Crippen LogP contribution >= 0.6 is 22.7 Å². The molecule has 2 atom stereocenters. The van der Waals surface area contributed by atoms with Gasteiger partial charge in [0.05, 0.1) is 12.1 Å². The van der Waals surface area contributed by atoms with Crippen LogP contribution in [-0.4, -0.2) is 69.1 Å². The number of carboxylic acid groups (broad SMARTS) is 1. The third-order valence-electron chi connectivity index (χ3n) is 4.59. The third kappa shape index (κ3) is 5.06. The van der Waals surface area contributed by atoms with Crippen molar-refractivity contribution in [3.8, 4) is 0 Å². The molecule has 7 nitrogen and oxygen atoms in total. The molecule has 152 valence electrons. The fourth-order valence-corrected chi connectivity index (χ4v) is 4.57. The zero-order chi connectivity index (χ0) is 20.3. The lowest BCUT2D eigenvalue weighted by Crippen LogP contribution is -2.33. The van der Waals surface area contributed by atoms with E-state index in [1.165, 1.54) is 16.3 Å². The lowest BCUT2D eigenvalue weighted by Gasteiger charge is -2.20. The highest BCUT2D eigenvalue weighted by molar-refractivity contribution is 7.09. The van der Waals surface area contributed by atoms with E-state index in [4.69, 9.17) is 9.90 Å². The predicted octanol–water partition coefficient (Wildman–Crippen LogP) is 2.44. The molecule has 4 rings (SSSR count). The van der Waals surface area contributed by atoms with E-state index in [1.54, 1.807) is 16.8 Å². The minimum Gasteiger partial charge on any atom is -0.475 e. The number of thiazole rings is 2. The molecule has 1 amide bonds. The first-order valence-corrected chi connectivity index (χ1v) is 10.1. The molecule has 0 aliphatic carbocycles. The average Bonchev–Trinajstić information content (AvgIpc) is 3.39. The lowest BCUT2D eigenvalue weighted by atomic mass is 10.0. The SMILES string of the molecule is O=C(O)C(F)(F)F.O=C(c1cscn1)N1CC2CN(Cc3nccs3)CC2C1. The standard InChI is InChI=1S/C14H16N4OS2.C2HF3O2/c19-14(12-8-20-9-16-12)18-5-10-3-17(4-11(10)6-18)7-13-15-1-2-21-13;3-2(4,5)1(6)7/h1-2,8-11H,3-7H2;(H,6,7). The second-order valence-electron chi connectivity index (χ2n) is 6.53. The topological polar surface area (TPSA) is 86.6 Å². The molecule has 0 saturated carbocycles. The van der Waals surface area contributed by atoms with Gasteiger partial charge in [0.15, 0.2) is 0 Å². The van der Waals surface area contributed by atoms with Crippen LogP contribution in [0, 0.1) is 11.8 Å². The number of carbonyl (C=O) groups excluding carboxylic acids is 1. The summed E-state index contributed by atoms with van der Waals surface area (Å²) in [7, 11) is 0. The number of halogens is 3. The summed E-state index contributed by atoms with van der Waals surface area (Å²) in [6.07, 6.45) is -3.22.